The van der Waals surface area contributed by atoms with Crippen molar-refractivity contribution in [2.75, 3.05) is 26.8 Å². The van der Waals surface area contributed by atoms with Crippen molar-refractivity contribution in [2.24, 2.45) is 0 Å². The van der Waals surface area contributed by atoms with Gasteiger partial charge >= 0.3 is 0 Å². The standard InChI is InChI=1S/C10H14N4O2/c1-16-6-5-14-10(15)9(7-12)8-13-4-2-3-11/h8,13H,2,4-6H2,1H3,(H,14,15)/b9-8-. The number of rotatable bonds is 7. The number of hydrogen-bond donors (Lipinski definition) is 2. The Bertz CT molecular complexity index is 325. The zero-order valence-electron chi connectivity index (χ0n) is 9.12. The molecule has 0 aromatic carbocycles. The molecule has 0 aliphatic rings. The molecule has 0 atom stereocenters. The van der Waals surface area contributed by atoms with E-state index in [2.05, 4.69) is 10.6 Å². The first-order valence-corrected chi connectivity index (χ1v) is 4.74. The van der Waals surface area contributed by atoms with Crippen molar-refractivity contribution in [3.8, 4) is 12.1 Å². The molecule has 0 fully saturated rings. The largest absolute Gasteiger partial charge is 0.389 e. The Morgan fingerprint density at radius 2 is 2.19 bits per heavy atom. The Balaban J connectivity index is 4.02. The van der Waals surface area contributed by atoms with Crippen LogP contribution in [-0.2, 0) is 9.53 Å². The summed E-state index contributed by atoms with van der Waals surface area (Å²) >= 11 is 0. The number of methoxy groups -OCH3 is 1. The number of nitrogens with zero attached hydrogens (tertiary/aromatic N) is 2. The molecule has 0 spiro atoms. The zero-order valence-corrected chi connectivity index (χ0v) is 9.12. The van der Waals surface area contributed by atoms with Gasteiger partial charge in [0.15, 0.2) is 0 Å². The molecule has 1 amide bonds. The summed E-state index contributed by atoms with van der Waals surface area (Å²) in [5.74, 6) is -0.455. The molecule has 0 saturated heterocycles. The summed E-state index contributed by atoms with van der Waals surface area (Å²) in [7, 11) is 1.52. The average molecular weight is 222 g/mol. The second-order valence-electron chi connectivity index (χ2n) is 2.78. The van der Waals surface area contributed by atoms with Crippen molar-refractivity contribution >= 4 is 5.91 Å². The molecule has 2 N–H and O–H groups in total. The molecule has 86 valence electrons. The fraction of sp³-hybridized carbons (Fsp3) is 0.500. The minimum atomic E-state index is -0.455. The number of ether oxygens (including phenoxy) is 1. The van der Waals surface area contributed by atoms with E-state index in [1.807, 2.05) is 6.07 Å². The van der Waals surface area contributed by atoms with Gasteiger partial charge in [-0.1, -0.05) is 0 Å². The Morgan fingerprint density at radius 1 is 1.44 bits per heavy atom. The van der Waals surface area contributed by atoms with Crippen LogP contribution in [0.25, 0.3) is 0 Å². The maximum Gasteiger partial charge on any atom is 0.263 e. The van der Waals surface area contributed by atoms with Gasteiger partial charge in [-0.25, -0.2) is 0 Å². The Hall–Kier alpha value is -2.05. The lowest BCUT2D eigenvalue weighted by Crippen LogP contribution is -2.28. The van der Waals surface area contributed by atoms with Crippen LogP contribution in [-0.4, -0.2) is 32.7 Å². The average Bonchev–Trinajstić information content (AvgIpc) is 2.29. The van der Waals surface area contributed by atoms with Gasteiger partial charge in [0.25, 0.3) is 5.91 Å². The van der Waals surface area contributed by atoms with Crippen LogP contribution in [0.1, 0.15) is 6.42 Å². The van der Waals surface area contributed by atoms with Crippen molar-refractivity contribution in [3.05, 3.63) is 11.8 Å². The highest BCUT2D eigenvalue weighted by molar-refractivity contribution is 5.97. The molecule has 0 aliphatic heterocycles. The third-order valence-corrected chi connectivity index (χ3v) is 1.58. The summed E-state index contributed by atoms with van der Waals surface area (Å²) in [4.78, 5) is 11.4. The number of carbonyl (C=O) groups is 1. The second-order valence-corrected chi connectivity index (χ2v) is 2.78. The van der Waals surface area contributed by atoms with Crippen LogP contribution in [0.2, 0.25) is 0 Å². The Kier molecular flexibility index (Phi) is 8.29. The van der Waals surface area contributed by atoms with Crippen molar-refractivity contribution in [1.82, 2.24) is 10.6 Å². The van der Waals surface area contributed by atoms with E-state index in [1.54, 1.807) is 6.07 Å². The third-order valence-electron chi connectivity index (χ3n) is 1.58. The fourth-order valence-corrected chi connectivity index (χ4v) is 0.813. The SMILES string of the molecule is COCCNC(=O)/C(C#N)=C\NCCC#N. The van der Waals surface area contributed by atoms with Gasteiger partial charge in [-0.3, -0.25) is 4.79 Å². The van der Waals surface area contributed by atoms with Gasteiger partial charge in [0.1, 0.15) is 11.6 Å². The molecular formula is C10H14N4O2. The molecule has 6 nitrogen and oxygen atoms in total. The summed E-state index contributed by atoms with van der Waals surface area (Å²) in [6.07, 6.45) is 1.62. The minimum absolute atomic E-state index is 0.0194. The van der Waals surface area contributed by atoms with Crippen LogP contribution in [0.4, 0.5) is 0 Å². The first kappa shape index (κ1) is 13.9. The topological polar surface area (TPSA) is 97.9 Å². The summed E-state index contributed by atoms with van der Waals surface area (Å²) in [6.45, 7) is 1.16. The number of nitrogens with one attached hydrogen (secondary N) is 2. The van der Waals surface area contributed by atoms with Crippen molar-refractivity contribution in [3.63, 3.8) is 0 Å². The van der Waals surface area contributed by atoms with Gasteiger partial charge in [0.2, 0.25) is 0 Å². The van der Waals surface area contributed by atoms with Crippen LogP contribution in [0.3, 0.4) is 0 Å². The summed E-state index contributed by atoms with van der Waals surface area (Å²) < 4.78 is 4.75. The monoisotopic (exact) mass is 222 g/mol. The van der Waals surface area contributed by atoms with Crippen molar-refractivity contribution in [1.29, 1.82) is 10.5 Å². The lowest BCUT2D eigenvalue weighted by molar-refractivity contribution is -0.117. The van der Waals surface area contributed by atoms with Gasteiger partial charge in [-0.2, -0.15) is 10.5 Å². The quantitative estimate of drug-likeness (QED) is 0.349. The van der Waals surface area contributed by atoms with Crippen LogP contribution in [0.5, 0.6) is 0 Å². The van der Waals surface area contributed by atoms with Crippen molar-refractivity contribution in [2.45, 2.75) is 6.42 Å². The highest BCUT2D eigenvalue weighted by Gasteiger charge is 2.06. The fourth-order valence-electron chi connectivity index (χ4n) is 0.813. The molecular weight excluding hydrogens is 208 g/mol. The highest BCUT2D eigenvalue weighted by Crippen LogP contribution is 1.90. The molecule has 0 heterocycles. The van der Waals surface area contributed by atoms with E-state index in [9.17, 15) is 4.79 Å². The van der Waals surface area contributed by atoms with Gasteiger partial charge in [0.05, 0.1) is 19.1 Å². The van der Waals surface area contributed by atoms with E-state index in [0.29, 0.717) is 26.1 Å². The highest BCUT2D eigenvalue weighted by atomic mass is 16.5. The van der Waals surface area contributed by atoms with E-state index >= 15 is 0 Å². The Morgan fingerprint density at radius 3 is 2.75 bits per heavy atom. The van der Waals surface area contributed by atoms with E-state index < -0.39 is 5.91 Å². The molecule has 0 aromatic rings. The van der Waals surface area contributed by atoms with E-state index in [4.69, 9.17) is 15.3 Å². The van der Waals surface area contributed by atoms with E-state index in [1.165, 1.54) is 13.3 Å². The molecule has 0 unspecified atom stereocenters. The van der Waals surface area contributed by atoms with Gasteiger partial charge in [-0.15, -0.1) is 0 Å². The van der Waals surface area contributed by atoms with E-state index in [0.717, 1.165) is 0 Å². The Labute approximate surface area is 94.5 Å². The van der Waals surface area contributed by atoms with Crippen LogP contribution in [0.15, 0.2) is 11.8 Å². The van der Waals surface area contributed by atoms with Crippen molar-refractivity contribution < 1.29 is 9.53 Å². The molecule has 0 rings (SSSR count). The first-order chi connectivity index (χ1) is 7.76. The lowest BCUT2D eigenvalue weighted by atomic mass is 10.3. The number of amides is 1. The normalized spacial score (nSPS) is 10.1. The van der Waals surface area contributed by atoms with Gasteiger partial charge in [0, 0.05) is 26.4 Å². The third kappa shape index (κ3) is 6.41. The molecule has 0 aromatic heterocycles. The van der Waals surface area contributed by atoms with Crippen LogP contribution in [0, 0.1) is 22.7 Å². The predicted octanol–water partition coefficient (Wildman–Crippen LogP) is -0.340. The maximum atomic E-state index is 11.4. The maximum absolute atomic E-state index is 11.4. The lowest BCUT2D eigenvalue weighted by Gasteiger charge is -2.03. The number of carbonyl (C=O) groups excluding carboxylic acids is 1. The molecule has 0 radical (unpaired) electrons. The van der Waals surface area contributed by atoms with Crippen LogP contribution < -0.4 is 10.6 Å². The van der Waals surface area contributed by atoms with E-state index in [-0.39, 0.29) is 5.57 Å². The zero-order chi connectivity index (χ0) is 12.2. The first-order valence-electron chi connectivity index (χ1n) is 4.74. The molecule has 6 heteroatoms. The predicted molar refractivity (Wildman–Crippen MR) is 56.8 cm³/mol. The second kappa shape index (κ2) is 9.50. The molecule has 0 aliphatic carbocycles. The molecule has 0 bridgehead atoms. The summed E-state index contributed by atoms with van der Waals surface area (Å²) in [6, 6.07) is 3.71. The van der Waals surface area contributed by atoms with Crippen LogP contribution >= 0.6 is 0 Å². The number of hydrogen-bond acceptors (Lipinski definition) is 5. The molecule has 0 saturated carbocycles. The molecule has 16 heavy (non-hydrogen) atoms. The minimum Gasteiger partial charge on any atom is -0.389 e. The smallest absolute Gasteiger partial charge is 0.263 e. The number of nitriles is 2. The van der Waals surface area contributed by atoms with Gasteiger partial charge < -0.3 is 15.4 Å². The summed E-state index contributed by atoms with van der Waals surface area (Å²) in [5.41, 5.74) is -0.0194. The van der Waals surface area contributed by atoms with Gasteiger partial charge in [-0.05, 0) is 0 Å². The summed E-state index contributed by atoms with van der Waals surface area (Å²) in [5, 5.41) is 22.2.